The zero-order valence-corrected chi connectivity index (χ0v) is 10.3. The summed E-state index contributed by atoms with van der Waals surface area (Å²) >= 11 is 0. The van der Waals surface area contributed by atoms with Gasteiger partial charge < -0.3 is 15.6 Å². The molecule has 0 saturated heterocycles. The van der Waals surface area contributed by atoms with Crippen LogP contribution in [0.4, 0.5) is 5.69 Å². The first kappa shape index (κ1) is 12.5. The highest BCUT2D eigenvalue weighted by molar-refractivity contribution is 5.40. The molecule has 2 rings (SSSR count). The molecule has 0 aliphatic carbocycles. The van der Waals surface area contributed by atoms with Crippen LogP contribution >= 0.6 is 0 Å². The van der Waals surface area contributed by atoms with Crippen LogP contribution in [0, 0.1) is 0 Å². The lowest BCUT2D eigenvalue weighted by atomic mass is 10.0. The molecule has 2 aromatic carbocycles. The number of anilines is 1. The predicted octanol–water partition coefficient (Wildman–Crippen LogP) is 2.55. The molecule has 0 fully saturated rings. The third-order valence-electron chi connectivity index (χ3n) is 2.88. The van der Waals surface area contributed by atoms with Gasteiger partial charge in [0.25, 0.3) is 0 Å². The second-order valence-corrected chi connectivity index (χ2v) is 4.24. The van der Waals surface area contributed by atoms with E-state index in [4.69, 9.17) is 10.5 Å². The topological polar surface area (TPSA) is 55.5 Å². The van der Waals surface area contributed by atoms with E-state index in [-0.39, 0.29) is 0 Å². The first-order valence-corrected chi connectivity index (χ1v) is 5.85. The SMILES string of the molecule is COc1cccc(CC(O)c2ccc(N)cc2)c1. The lowest BCUT2D eigenvalue weighted by molar-refractivity contribution is 0.178. The van der Waals surface area contributed by atoms with Crippen LogP contribution in [-0.2, 0) is 6.42 Å². The Morgan fingerprint density at radius 2 is 1.89 bits per heavy atom. The van der Waals surface area contributed by atoms with Gasteiger partial charge in [-0.1, -0.05) is 24.3 Å². The molecule has 3 N–H and O–H groups in total. The summed E-state index contributed by atoms with van der Waals surface area (Å²) in [7, 11) is 1.63. The summed E-state index contributed by atoms with van der Waals surface area (Å²) in [5.41, 5.74) is 8.23. The molecule has 0 aliphatic heterocycles. The van der Waals surface area contributed by atoms with Gasteiger partial charge in [0.05, 0.1) is 13.2 Å². The molecule has 0 aromatic heterocycles. The van der Waals surface area contributed by atoms with Crippen molar-refractivity contribution in [3.63, 3.8) is 0 Å². The number of nitrogen functional groups attached to an aromatic ring is 1. The minimum Gasteiger partial charge on any atom is -0.497 e. The summed E-state index contributed by atoms with van der Waals surface area (Å²) in [6, 6.07) is 15.0. The molecule has 0 spiro atoms. The molecule has 3 heteroatoms. The Balaban J connectivity index is 2.10. The van der Waals surface area contributed by atoms with Crippen LogP contribution in [0.2, 0.25) is 0 Å². The Hall–Kier alpha value is -2.00. The fourth-order valence-corrected chi connectivity index (χ4v) is 1.86. The molecule has 94 valence electrons. The maximum atomic E-state index is 10.1. The second kappa shape index (κ2) is 5.56. The van der Waals surface area contributed by atoms with Crippen LogP contribution in [0.25, 0.3) is 0 Å². The van der Waals surface area contributed by atoms with Gasteiger partial charge in [0.2, 0.25) is 0 Å². The van der Waals surface area contributed by atoms with Gasteiger partial charge >= 0.3 is 0 Å². The number of ether oxygens (including phenoxy) is 1. The minimum atomic E-state index is -0.530. The number of aliphatic hydroxyl groups is 1. The zero-order valence-electron chi connectivity index (χ0n) is 10.3. The molecule has 3 nitrogen and oxygen atoms in total. The maximum absolute atomic E-state index is 10.1. The van der Waals surface area contributed by atoms with E-state index in [1.807, 2.05) is 36.4 Å². The summed E-state index contributed by atoms with van der Waals surface area (Å²) in [4.78, 5) is 0. The average Bonchev–Trinajstić information content (AvgIpc) is 2.39. The predicted molar refractivity (Wildman–Crippen MR) is 72.5 cm³/mol. The van der Waals surface area contributed by atoms with E-state index < -0.39 is 6.10 Å². The van der Waals surface area contributed by atoms with Gasteiger partial charge in [0.15, 0.2) is 0 Å². The van der Waals surface area contributed by atoms with Crippen molar-refractivity contribution in [2.75, 3.05) is 12.8 Å². The summed E-state index contributed by atoms with van der Waals surface area (Å²) in [5, 5.41) is 10.1. The van der Waals surface area contributed by atoms with E-state index in [9.17, 15) is 5.11 Å². The second-order valence-electron chi connectivity index (χ2n) is 4.24. The zero-order chi connectivity index (χ0) is 13.0. The first-order valence-electron chi connectivity index (χ1n) is 5.85. The third-order valence-corrected chi connectivity index (χ3v) is 2.88. The van der Waals surface area contributed by atoms with Gasteiger partial charge in [-0.2, -0.15) is 0 Å². The Labute approximate surface area is 107 Å². The molecule has 0 aliphatic rings. The van der Waals surface area contributed by atoms with E-state index in [0.29, 0.717) is 12.1 Å². The van der Waals surface area contributed by atoms with Gasteiger partial charge in [0.1, 0.15) is 5.75 Å². The van der Waals surface area contributed by atoms with Crippen LogP contribution in [0.1, 0.15) is 17.2 Å². The van der Waals surface area contributed by atoms with Crippen molar-refractivity contribution in [3.05, 3.63) is 59.7 Å². The number of rotatable bonds is 4. The molecule has 0 amide bonds. The number of hydrogen-bond donors (Lipinski definition) is 2. The molecular formula is C15H17NO2. The average molecular weight is 243 g/mol. The van der Waals surface area contributed by atoms with Crippen LogP contribution < -0.4 is 10.5 Å². The van der Waals surface area contributed by atoms with Crippen molar-refractivity contribution in [2.24, 2.45) is 0 Å². The number of methoxy groups -OCH3 is 1. The van der Waals surface area contributed by atoms with Crippen molar-refractivity contribution < 1.29 is 9.84 Å². The fourth-order valence-electron chi connectivity index (χ4n) is 1.86. The number of aliphatic hydroxyl groups excluding tert-OH is 1. The summed E-state index contributed by atoms with van der Waals surface area (Å²) in [6.45, 7) is 0. The first-order chi connectivity index (χ1) is 8.69. The lowest BCUT2D eigenvalue weighted by Gasteiger charge is -2.12. The van der Waals surface area contributed by atoms with Gasteiger partial charge in [-0.05, 0) is 35.4 Å². The maximum Gasteiger partial charge on any atom is 0.119 e. The Kier molecular flexibility index (Phi) is 3.85. The van der Waals surface area contributed by atoms with Crippen LogP contribution in [-0.4, -0.2) is 12.2 Å². The smallest absolute Gasteiger partial charge is 0.119 e. The van der Waals surface area contributed by atoms with Gasteiger partial charge in [-0.25, -0.2) is 0 Å². The highest BCUT2D eigenvalue weighted by atomic mass is 16.5. The molecule has 18 heavy (non-hydrogen) atoms. The van der Waals surface area contributed by atoms with Crippen molar-refractivity contribution >= 4 is 5.69 Å². The van der Waals surface area contributed by atoms with Crippen molar-refractivity contribution in [1.29, 1.82) is 0 Å². The molecule has 0 heterocycles. The third kappa shape index (κ3) is 3.02. The summed E-state index contributed by atoms with van der Waals surface area (Å²) < 4.78 is 5.16. The molecule has 1 unspecified atom stereocenters. The van der Waals surface area contributed by atoms with Crippen molar-refractivity contribution in [1.82, 2.24) is 0 Å². The largest absolute Gasteiger partial charge is 0.497 e. The van der Waals surface area contributed by atoms with Gasteiger partial charge in [-0.15, -0.1) is 0 Å². The van der Waals surface area contributed by atoms with E-state index in [1.54, 1.807) is 19.2 Å². The number of benzene rings is 2. The molecule has 0 saturated carbocycles. The van der Waals surface area contributed by atoms with Gasteiger partial charge in [-0.3, -0.25) is 0 Å². The lowest BCUT2D eigenvalue weighted by Crippen LogP contribution is -2.02. The molecule has 0 bridgehead atoms. The van der Waals surface area contributed by atoms with Crippen LogP contribution in [0.15, 0.2) is 48.5 Å². The van der Waals surface area contributed by atoms with Crippen LogP contribution in [0.5, 0.6) is 5.75 Å². The summed E-state index contributed by atoms with van der Waals surface area (Å²) in [5.74, 6) is 0.803. The van der Waals surface area contributed by atoms with E-state index >= 15 is 0 Å². The molecule has 2 aromatic rings. The van der Waals surface area contributed by atoms with Crippen molar-refractivity contribution in [2.45, 2.75) is 12.5 Å². The number of hydrogen-bond acceptors (Lipinski definition) is 3. The molecular weight excluding hydrogens is 226 g/mol. The standard InChI is InChI=1S/C15H17NO2/c1-18-14-4-2-3-11(9-14)10-15(17)12-5-7-13(16)8-6-12/h2-9,15,17H,10,16H2,1H3. The van der Waals surface area contributed by atoms with E-state index in [0.717, 1.165) is 16.9 Å². The Morgan fingerprint density at radius 3 is 2.56 bits per heavy atom. The quantitative estimate of drug-likeness (QED) is 0.811. The molecule has 1 atom stereocenters. The normalized spacial score (nSPS) is 12.1. The molecule has 0 radical (unpaired) electrons. The highest BCUT2D eigenvalue weighted by Gasteiger charge is 2.08. The minimum absolute atomic E-state index is 0.530. The van der Waals surface area contributed by atoms with Crippen LogP contribution in [0.3, 0.4) is 0 Å². The Bertz CT molecular complexity index is 508. The van der Waals surface area contributed by atoms with Crippen molar-refractivity contribution in [3.8, 4) is 5.75 Å². The fraction of sp³-hybridized carbons (Fsp3) is 0.200. The number of nitrogens with two attached hydrogens (primary N) is 1. The van der Waals surface area contributed by atoms with E-state index in [2.05, 4.69) is 0 Å². The monoisotopic (exact) mass is 243 g/mol. The highest BCUT2D eigenvalue weighted by Crippen LogP contribution is 2.21. The summed E-state index contributed by atoms with van der Waals surface area (Å²) in [6.07, 6.45) is 0.0268. The van der Waals surface area contributed by atoms with Gasteiger partial charge in [0, 0.05) is 12.1 Å². The van der Waals surface area contributed by atoms with E-state index in [1.165, 1.54) is 0 Å². The Morgan fingerprint density at radius 1 is 1.17 bits per heavy atom.